The molecule has 0 aliphatic heterocycles. The van der Waals surface area contributed by atoms with Gasteiger partial charge in [-0.2, -0.15) is 0 Å². The van der Waals surface area contributed by atoms with Gasteiger partial charge in [0.15, 0.2) is 0 Å². The van der Waals surface area contributed by atoms with E-state index in [0.717, 1.165) is 47.5 Å². The Morgan fingerprint density at radius 1 is 0.791 bits per heavy atom. The molecule has 3 aromatic carbocycles. The fourth-order valence-electron chi connectivity index (χ4n) is 4.77. The van der Waals surface area contributed by atoms with Crippen LogP contribution in [0.2, 0.25) is 0 Å². The van der Waals surface area contributed by atoms with Gasteiger partial charge >= 0.3 is 0 Å². The van der Waals surface area contributed by atoms with Gasteiger partial charge in [0.1, 0.15) is 0 Å². The van der Waals surface area contributed by atoms with Gasteiger partial charge in [-0.3, -0.25) is 4.79 Å². The van der Waals surface area contributed by atoms with Gasteiger partial charge in [0.2, 0.25) is 0 Å². The van der Waals surface area contributed by atoms with E-state index in [9.17, 15) is 4.79 Å². The van der Waals surface area contributed by atoms with Crippen molar-refractivity contribution in [1.29, 1.82) is 0 Å². The van der Waals surface area contributed by atoms with Crippen molar-refractivity contribution in [2.24, 2.45) is 9.98 Å². The summed E-state index contributed by atoms with van der Waals surface area (Å²) in [4.78, 5) is 22.5. The molecule has 0 unspecified atom stereocenters. The molecule has 224 valence electrons. The molecule has 43 heavy (non-hydrogen) atoms. The van der Waals surface area contributed by atoms with E-state index < -0.39 is 0 Å². The fraction of sp³-hybridized carbons (Fsp3) is 0.182. The summed E-state index contributed by atoms with van der Waals surface area (Å²) in [7, 11) is 0. The number of nitrogens with one attached hydrogen (secondary N) is 1. The molecule has 8 nitrogen and oxygen atoms in total. The second kappa shape index (κ2) is 15.7. The maximum absolute atomic E-state index is 13.1. The number of fused-ring (bicyclic) bond motifs is 1. The molecule has 0 saturated heterocycles. The second-order valence-corrected chi connectivity index (χ2v) is 9.93. The van der Waals surface area contributed by atoms with Crippen LogP contribution in [0.4, 0.5) is 28.4 Å². The lowest BCUT2D eigenvalue weighted by molar-refractivity contribution is 0.102. The van der Waals surface area contributed by atoms with E-state index in [1.165, 1.54) is 0 Å². The number of rotatable bonds is 8. The third kappa shape index (κ3) is 8.25. The monoisotopic (exact) mass is 801 g/mol. The molecule has 2 heterocycles. The smallest absolute Gasteiger partial charge is 0.257 e. The number of carbonyl (C=O) groups is 1. The molecule has 5 rings (SSSR count). The van der Waals surface area contributed by atoms with Crippen LogP contribution in [-0.4, -0.2) is 15.0 Å². The van der Waals surface area contributed by atoms with E-state index in [0.29, 0.717) is 34.0 Å². The van der Waals surface area contributed by atoms with Crippen molar-refractivity contribution in [3.63, 3.8) is 0 Å². The Morgan fingerprint density at radius 3 is 2.23 bits per heavy atom. The van der Waals surface area contributed by atoms with Crippen LogP contribution in [-0.2, 0) is 13.1 Å². The van der Waals surface area contributed by atoms with Crippen LogP contribution in [0.5, 0.6) is 0 Å². The summed E-state index contributed by atoms with van der Waals surface area (Å²) in [6.07, 6.45) is 8.17. The number of anilines is 3. The average molecular weight is 802 g/mol. The van der Waals surface area contributed by atoms with Crippen LogP contribution >= 0.6 is 48.0 Å². The maximum Gasteiger partial charge on any atom is 0.257 e. The number of benzene rings is 3. The molecule has 1 amide bonds. The lowest BCUT2D eigenvalue weighted by Crippen LogP contribution is -2.14. The summed E-state index contributed by atoms with van der Waals surface area (Å²) in [5.74, 6) is -0.326. The Hall–Kier alpha value is -3.65. The first-order chi connectivity index (χ1) is 19.9. The van der Waals surface area contributed by atoms with Crippen molar-refractivity contribution >= 4 is 93.2 Å². The van der Waals surface area contributed by atoms with E-state index in [-0.39, 0.29) is 53.9 Å². The summed E-state index contributed by atoms with van der Waals surface area (Å²) >= 11 is 0. The van der Waals surface area contributed by atoms with Crippen molar-refractivity contribution in [2.45, 2.75) is 39.8 Å². The van der Waals surface area contributed by atoms with Crippen molar-refractivity contribution in [3.05, 3.63) is 114 Å². The quantitative estimate of drug-likeness (QED) is 0.112. The summed E-state index contributed by atoms with van der Waals surface area (Å²) in [6, 6.07) is 24.6. The number of nitrogens with two attached hydrogens (primary N) is 2. The number of carbonyl (C=O) groups excluding carboxylic acids is 1. The first-order valence-corrected chi connectivity index (χ1v) is 13.9. The van der Waals surface area contributed by atoms with E-state index >= 15 is 0 Å². The lowest BCUT2D eigenvalue weighted by atomic mass is 10.1. The largest absolute Gasteiger partial charge is 0.398 e. The number of nitrogen functional groups attached to an aromatic ring is 2. The number of halogens is 2. The van der Waals surface area contributed by atoms with Crippen LogP contribution < -0.4 is 27.5 Å². The summed E-state index contributed by atoms with van der Waals surface area (Å²) in [6.45, 7) is 6.20. The minimum absolute atomic E-state index is 0. The normalized spacial score (nSPS) is 11.0. The minimum Gasteiger partial charge on any atom is -0.398 e. The summed E-state index contributed by atoms with van der Waals surface area (Å²) < 4.78 is 4.34. The molecule has 0 bridgehead atoms. The van der Waals surface area contributed by atoms with E-state index in [1.807, 2.05) is 42.7 Å². The zero-order chi connectivity index (χ0) is 28.8. The van der Waals surface area contributed by atoms with Gasteiger partial charge < -0.3 is 25.9 Å². The maximum atomic E-state index is 13.1. The number of amides is 1. The molecule has 5 aromatic rings. The molecule has 5 N–H and O–H groups in total. The molecule has 0 spiro atoms. The highest BCUT2D eigenvalue weighted by Gasteiger charge is 2.12. The van der Waals surface area contributed by atoms with Crippen molar-refractivity contribution in [1.82, 2.24) is 9.13 Å². The van der Waals surface area contributed by atoms with Crippen LogP contribution in [0, 0.1) is 0 Å². The molecule has 10 heteroatoms. The van der Waals surface area contributed by atoms with E-state index in [2.05, 4.69) is 51.6 Å². The van der Waals surface area contributed by atoms with Crippen LogP contribution in [0.15, 0.2) is 107 Å². The van der Waals surface area contributed by atoms with Gasteiger partial charge in [-0.05, 0) is 73.5 Å². The highest BCUT2D eigenvalue weighted by molar-refractivity contribution is 14.0. The highest BCUT2D eigenvalue weighted by atomic mass is 127. The first-order valence-electron chi connectivity index (χ1n) is 13.9. The van der Waals surface area contributed by atoms with Gasteiger partial charge in [0.25, 0.3) is 5.91 Å². The first kappa shape index (κ1) is 33.8. The zero-order valence-corrected chi connectivity index (χ0v) is 28.9. The predicted octanol–water partition coefficient (Wildman–Crippen LogP) is 7.38. The molecule has 0 radical (unpaired) electrons. The number of hydrogen-bond acceptors (Lipinski definition) is 5. The molecule has 0 aliphatic carbocycles. The van der Waals surface area contributed by atoms with Crippen molar-refractivity contribution in [2.75, 3.05) is 16.8 Å². The number of nitrogens with zero attached hydrogens (tertiary/aromatic N) is 4. The van der Waals surface area contributed by atoms with Gasteiger partial charge in [-0.25, -0.2) is 9.98 Å². The Balaban J connectivity index is 0.00000253. The standard InChI is InChI=1S/C33H35N7O.2HI/c1-3-16-39-18-13-23(14-19-39)36-31-12-10-25(22-29(31)35)38-33(41)26-11-9-24(21-28(26)34)37-30-15-20-40(17-4-2)32-8-6-5-7-27(30)32;;/h5-15,18-22H,3-4,16-17,34-35H2,1-2H3,(H,38,41);2*1H. The second-order valence-electron chi connectivity index (χ2n) is 9.93. The lowest BCUT2D eigenvalue weighted by Gasteiger charge is -2.11. The van der Waals surface area contributed by atoms with Gasteiger partial charge in [0.05, 0.1) is 38.9 Å². The van der Waals surface area contributed by atoms with Gasteiger partial charge in [-0.15, -0.1) is 48.0 Å². The minimum atomic E-state index is -0.326. The van der Waals surface area contributed by atoms with Crippen molar-refractivity contribution in [3.8, 4) is 0 Å². The zero-order valence-electron chi connectivity index (χ0n) is 24.2. The van der Waals surface area contributed by atoms with Crippen LogP contribution in [0.25, 0.3) is 10.9 Å². The molecule has 0 fully saturated rings. The number of aryl methyl sites for hydroxylation is 2. The van der Waals surface area contributed by atoms with Crippen LogP contribution in [0.3, 0.4) is 0 Å². The number of para-hydroxylation sites is 1. The Labute approximate surface area is 285 Å². The van der Waals surface area contributed by atoms with Crippen molar-refractivity contribution < 1.29 is 4.79 Å². The molecule has 0 saturated carbocycles. The van der Waals surface area contributed by atoms with E-state index in [1.54, 1.807) is 36.4 Å². The Bertz CT molecular complexity index is 1840. The number of pyridine rings is 2. The fourth-order valence-corrected chi connectivity index (χ4v) is 4.77. The average Bonchev–Trinajstić information content (AvgIpc) is 2.97. The van der Waals surface area contributed by atoms with E-state index in [4.69, 9.17) is 16.5 Å². The molecular formula is C33H37I2N7O. The molecular weight excluding hydrogens is 764 g/mol. The molecule has 2 aromatic heterocycles. The SMILES string of the molecule is CCCn1ccc(=Nc2ccc(NC(=O)c3ccc(N=c4ccn(CCC)c5ccccc45)cc3N)cc2N)cc1.I.I. The number of hydrogen-bond donors (Lipinski definition) is 3. The topological polar surface area (TPSA) is 116 Å². The Kier molecular flexibility index (Phi) is 12.4. The van der Waals surface area contributed by atoms with Gasteiger partial charge in [-0.1, -0.05) is 32.0 Å². The summed E-state index contributed by atoms with van der Waals surface area (Å²) in [5.41, 5.74) is 16.7. The highest BCUT2D eigenvalue weighted by Crippen LogP contribution is 2.27. The summed E-state index contributed by atoms with van der Waals surface area (Å²) in [5, 5.41) is 5.60. The third-order valence-electron chi connectivity index (χ3n) is 6.79. The van der Waals surface area contributed by atoms with Gasteiger partial charge in [0, 0.05) is 48.4 Å². The molecule has 0 atom stereocenters. The predicted molar refractivity (Wildman–Crippen MR) is 198 cm³/mol. The number of aromatic nitrogens is 2. The third-order valence-corrected chi connectivity index (χ3v) is 6.79. The Morgan fingerprint density at radius 2 is 1.53 bits per heavy atom. The van der Waals surface area contributed by atoms with Crippen LogP contribution in [0.1, 0.15) is 37.0 Å². The molecule has 0 aliphatic rings.